The Morgan fingerprint density at radius 3 is 2.31 bits per heavy atom. The first kappa shape index (κ1) is 12.7. The summed E-state index contributed by atoms with van der Waals surface area (Å²) in [6, 6.07) is 10.1. The lowest BCUT2D eigenvalue weighted by Crippen LogP contribution is -2.34. The standard InChI is InChI=1S/C15H20O/c1-5-15(12(2)3,13(4)16)11-14-9-7-6-8-10-14/h5-10,12H,1,11H2,2-4H3. The minimum Gasteiger partial charge on any atom is -0.299 e. The fourth-order valence-electron chi connectivity index (χ4n) is 2.12. The van der Waals surface area contributed by atoms with E-state index in [9.17, 15) is 4.79 Å². The number of allylic oxidation sites excluding steroid dienone is 1. The Labute approximate surface area is 98.2 Å². The Bertz CT molecular complexity index is 364. The highest BCUT2D eigenvalue weighted by atomic mass is 16.1. The molecule has 1 heteroatoms. The maximum atomic E-state index is 11.9. The van der Waals surface area contributed by atoms with Gasteiger partial charge < -0.3 is 0 Å². The minimum absolute atomic E-state index is 0.196. The van der Waals surface area contributed by atoms with Crippen molar-refractivity contribution in [3.05, 3.63) is 48.6 Å². The number of hydrogen-bond acceptors (Lipinski definition) is 1. The van der Waals surface area contributed by atoms with E-state index in [0.717, 1.165) is 6.42 Å². The average molecular weight is 216 g/mol. The van der Waals surface area contributed by atoms with Crippen molar-refractivity contribution in [1.29, 1.82) is 0 Å². The van der Waals surface area contributed by atoms with E-state index in [1.807, 2.05) is 24.3 Å². The van der Waals surface area contributed by atoms with Gasteiger partial charge in [-0.15, -0.1) is 6.58 Å². The zero-order chi connectivity index (χ0) is 12.2. The Balaban J connectivity index is 3.04. The molecule has 0 aromatic heterocycles. The summed E-state index contributed by atoms with van der Waals surface area (Å²) in [7, 11) is 0. The van der Waals surface area contributed by atoms with E-state index in [0.29, 0.717) is 0 Å². The van der Waals surface area contributed by atoms with E-state index in [4.69, 9.17) is 0 Å². The third-order valence-corrected chi connectivity index (χ3v) is 3.39. The van der Waals surface area contributed by atoms with Gasteiger partial charge in [0.1, 0.15) is 5.78 Å². The second kappa shape index (κ2) is 5.11. The van der Waals surface area contributed by atoms with Gasteiger partial charge in [-0.05, 0) is 24.8 Å². The van der Waals surface area contributed by atoms with E-state index >= 15 is 0 Å². The van der Waals surface area contributed by atoms with E-state index in [-0.39, 0.29) is 11.7 Å². The monoisotopic (exact) mass is 216 g/mol. The van der Waals surface area contributed by atoms with Crippen LogP contribution in [0.4, 0.5) is 0 Å². The molecular weight excluding hydrogens is 196 g/mol. The van der Waals surface area contributed by atoms with Crippen LogP contribution in [0.1, 0.15) is 26.3 Å². The van der Waals surface area contributed by atoms with Crippen LogP contribution >= 0.6 is 0 Å². The molecule has 0 spiro atoms. The van der Waals surface area contributed by atoms with Crippen molar-refractivity contribution >= 4 is 5.78 Å². The van der Waals surface area contributed by atoms with Gasteiger partial charge in [0.15, 0.2) is 0 Å². The maximum Gasteiger partial charge on any atom is 0.140 e. The van der Waals surface area contributed by atoms with Gasteiger partial charge in [-0.25, -0.2) is 0 Å². The molecule has 1 rings (SSSR count). The van der Waals surface area contributed by atoms with Crippen LogP contribution in [0.25, 0.3) is 0 Å². The Morgan fingerprint density at radius 2 is 1.94 bits per heavy atom. The van der Waals surface area contributed by atoms with Crippen LogP contribution in [-0.4, -0.2) is 5.78 Å². The van der Waals surface area contributed by atoms with Crippen molar-refractivity contribution in [3.63, 3.8) is 0 Å². The first-order valence-electron chi connectivity index (χ1n) is 5.71. The summed E-state index contributed by atoms with van der Waals surface area (Å²) < 4.78 is 0. The van der Waals surface area contributed by atoms with Crippen molar-refractivity contribution in [2.45, 2.75) is 27.2 Å². The summed E-state index contributed by atoms with van der Waals surface area (Å²) in [5.41, 5.74) is 0.757. The van der Waals surface area contributed by atoms with E-state index in [1.165, 1.54) is 5.56 Å². The normalized spacial score (nSPS) is 14.5. The highest BCUT2D eigenvalue weighted by Gasteiger charge is 2.35. The molecule has 0 aliphatic rings. The smallest absolute Gasteiger partial charge is 0.140 e. The fourth-order valence-corrected chi connectivity index (χ4v) is 2.12. The van der Waals surface area contributed by atoms with Crippen LogP contribution in [0.15, 0.2) is 43.0 Å². The number of benzene rings is 1. The molecule has 86 valence electrons. The second-order valence-electron chi connectivity index (χ2n) is 4.62. The topological polar surface area (TPSA) is 17.1 Å². The summed E-state index contributed by atoms with van der Waals surface area (Å²) in [6.45, 7) is 9.66. The van der Waals surface area contributed by atoms with Gasteiger partial charge in [0.2, 0.25) is 0 Å². The highest BCUT2D eigenvalue weighted by molar-refractivity contribution is 5.85. The lowest BCUT2D eigenvalue weighted by Gasteiger charge is -2.32. The SMILES string of the molecule is C=CC(Cc1ccccc1)(C(C)=O)C(C)C. The maximum absolute atomic E-state index is 11.9. The summed E-state index contributed by atoms with van der Waals surface area (Å²) >= 11 is 0. The number of ketones is 1. The molecule has 0 N–H and O–H groups in total. The van der Waals surface area contributed by atoms with Gasteiger partial charge >= 0.3 is 0 Å². The van der Waals surface area contributed by atoms with Crippen molar-refractivity contribution in [2.24, 2.45) is 11.3 Å². The predicted octanol–water partition coefficient (Wildman–Crippen LogP) is 3.65. The lowest BCUT2D eigenvalue weighted by atomic mass is 9.70. The second-order valence-corrected chi connectivity index (χ2v) is 4.62. The predicted molar refractivity (Wildman–Crippen MR) is 68.3 cm³/mol. The van der Waals surface area contributed by atoms with Crippen LogP contribution in [0, 0.1) is 11.3 Å². The molecule has 0 fully saturated rings. The average Bonchev–Trinajstić information content (AvgIpc) is 2.26. The van der Waals surface area contributed by atoms with Crippen LogP contribution in [0.5, 0.6) is 0 Å². The molecule has 1 atom stereocenters. The number of hydrogen-bond donors (Lipinski definition) is 0. The third kappa shape index (κ3) is 2.41. The Hall–Kier alpha value is -1.37. The van der Waals surface area contributed by atoms with E-state index in [2.05, 4.69) is 32.6 Å². The molecule has 1 unspecified atom stereocenters. The van der Waals surface area contributed by atoms with Gasteiger partial charge in [-0.3, -0.25) is 4.79 Å². The largest absolute Gasteiger partial charge is 0.299 e. The number of carbonyl (C=O) groups excluding carboxylic acids is 1. The van der Waals surface area contributed by atoms with E-state index < -0.39 is 5.41 Å². The summed E-state index contributed by atoms with van der Waals surface area (Å²) in [5, 5.41) is 0. The molecule has 16 heavy (non-hydrogen) atoms. The fraction of sp³-hybridized carbons (Fsp3) is 0.400. The zero-order valence-corrected chi connectivity index (χ0v) is 10.4. The Kier molecular flexibility index (Phi) is 4.05. The quantitative estimate of drug-likeness (QED) is 0.687. The zero-order valence-electron chi connectivity index (χ0n) is 10.4. The van der Waals surface area contributed by atoms with Crippen molar-refractivity contribution in [2.75, 3.05) is 0 Å². The molecule has 1 aromatic rings. The third-order valence-electron chi connectivity index (χ3n) is 3.39. The van der Waals surface area contributed by atoms with Crippen molar-refractivity contribution in [1.82, 2.24) is 0 Å². The van der Waals surface area contributed by atoms with Crippen LogP contribution in [0.3, 0.4) is 0 Å². The van der Waals surface area contributed by atoms with Gasteiger partial charge in [0, 0.05) is 0 Å². The molecule has 1 nitrogen and oxygen atoms in total. The van der Waals surface area contributed by atoms with Crippen molar-refractivity contribution < 1.29 is 4.79 Å². The number of carbonyl (C=O) groups is 1. The molecule has 0 saturated carbocycles. The summed E-state index contributed by atoms with van der Waals surface area (Å²) in [4.78, 5) is 11.9. The molecule has 0 aliphatic carbocycles. The summed E-state index contributed by atoms with van der Waals surface area (Å²) in [5.74, 6) is 0.462. The van der Waals surface area contributed by atoms with Crippen LogP contribution in [0.2, 0.25) is 0 Å². The number of rotatable bonds is 5. The van der Waals surface area contributed by atoms with Crippen molar-refractivity contribution in [3.8, 4) is 0 Å². The minimum atomic E-state index is -0.429. The van der Waals surface area contributed by atoms with Gasteiger partial charge in [-0.1, -0.05) is 50.3 Å². The first-order valence-corrected chi connectivity index (χ1v) is 5.71. The van der Waals surface area contributed by atoms with Crippen LogP contribution < -0.4 is 0 Å². The first-order chi connectivity index (χ1) is 7.53. The highest BCUT2D eigenvalue weighted by Crippen LogP contribution is 2.34. The van der Waals surface area contributed by atoms with E-state index in [1.54, 1.807) is 6.92 Å². The van der Waals surface area contributed by atoms with Gasteiger partial charge in [-0.2, -0.15) is 0 Å². The molecule has 0 bridgehead atoms. The summed E-state index contributed by atoms with van der Waals surface area (Å²) in [6.07, 6.45) is 2.55. The molecular formula is C15H20O. The van der Waals surface area contributed by atoms with Crippen LogP contribution in [-0.2, 0) is 11.2 Å². The van der Waals surface area contributed by atoms with Gasteiger partial charge in [0.25, 0.3) is 0 Å². The van der Waals surface area contributed by atoms with Gasteiger partial charge in [0.05, 0.1) is 5.41 Å². The molecule has 0 heterocycles. The molecule has 0 amide bonds. The molecule has 0 radical (unpaired) electrons. The Morgan fingerprint density at radius 1 is 1.38 bits per heavy atom. The molecule has 0 saturated heterocycles. The molecule has 0 aliphatic heterocycles. The lowest BCUT2D eigenvalue weighted by molar-refractivity contribution is -0.126. The molecule has 1 aromatic carbocycles. The number of Topliss-reactive ketones (excluding diaryl/α,β-unsaturated/α-hetero) is 1.